The number of hydrogen-bond donors (Lipinski definition) is 0. The third-order valence-corrected chi connectivity index (χ3v) is 3.98. The van der Waals surface area contributed by atoms with Gasteiger partial charge in [-0.1, -0.05) is 0 Å². The summed E-state index contributed by atoms with van der Waals surface area (Å²) in [4.78, 5) is 8.91. The van der Waals surface area contributed by atoms with Crippen LogP contribution in [0.3, 0.4) is 0 Å². The van der Waals surface area contributed by atoms with Crippen molar-refractivity contribution in [3.63, 3.8) is 0 Å². The molecular formula is C19H16N6Pt. The second kappa shape index (κ2) is 7.34. The Bertz CT molecular complexity index is 896. The molecule has 2 heterocycles. The van der Waals surface area contributed by atoms with Gasteiger partial charge in [-0.2, -0.15) is 58.7 Å². The Labute approximate surface area is 166 Å². The van der Waals surface area contributed by atoms with Crippen molar-refractivity contribution in [3.05, 3.63) is 85.0 Å². The van der Waals surface area contributed by atoms with Crippen molar-refractivity contribution >= 4 is 0 Å². The first-order chi connectivity index (χ1) is 12.1. The van der Waals surface area contributed by atoms with Crippen molar-refractivity contribution < 1.29 is 21.1 Å². The molecule has 0 fully saturated rings. The number of benzene rings is 2. The van der Waals surface area contributed by atoms with Crippen LogP contribution in [0, 0.1) is 12.1 Å². The molecule has 0 saturated heterocycles. The molecule has 26 heavy (non-hydrogen) atoms. The van der Waals surface area contributed by atoms with E-state index >= 15 is 0 Å². The van der Waals surface area contributed by atoms with Gasteiger partial charge in [0, 0.05) is 0 Å². The first-order valence-corrected chi connectivity index (χ1v) is 7.93. The van der Waals surface area contributed by atoms with Crippen molar-refractivity contribution in [2.75, 3.05) is 0 Å². The summed E-state index contributed by atoms with van der Waals surface area (Å²) in [6.45, 7) is 4.02. The van der Waals surface area contributed by atoms with E-state index in [0.717, 1.165) is 11.4 Å². The van der Waals surface area contributed by atoms with Gasteiger partial charge in [-0.3, -0.25) is 0 Å². The Morgan fingerprint density at radius 1 is 0.769 bits per heavy atom. The van der Waals surface area contributed by atoms with Crippen LogP contribution >= 0.6 is 0 Å². The molecule has 0 aliphatic heterocycles. The van der Waals surface area contributed by atoms with Crippen LogP contribution in [0.15, 0.2) is 61.2 Å². The second-order valence-corrected chi connectivity index (χ2v) is 6.15. The van der Waals surface area contributed by atoms with Crippen LogP contribution in [0.1, 0.15) is 25.5 Å². The molecule has 0 saturated carbocycles. The van der Waals surface area contributed by atoms with E-state index in [1.54, 1.807) is 22.0 Å². The van der Waals surface area contributed by atoms with Crippen LogP contribution in [-0.2, 0) is 26.5 Å². The summed E-state index contributed by atoms with van der Waals surface area (Å²) in [6, 6.07) is 21.6. The molecule has 2 aromatic carbocycles. The van der Waals surface area contributed by atoms with Gasteiger partial charge in [0.25, 0.3) is 0 Å². The molecule has 0 amide bonds. The average Bonchev–Trinajstić information content (AvgIpc) is 3.34. The molecule has 0 unspecified atom stereocenters. The zero-order chi connectivity index (χ0) is 17.3. The van der Waals surface area contributed by atoms with Gasteiger partial charge >= 0.3 is 21.1 Å². The molecule has 4 aromatic rings. The van der Waals surface area contributed by atoms with Gasteiger partial charge in [0.15, 0.2) is 11.6 Å². The van der Waals surface area contributed by atoms with Crippen LogP contribution < -0.4 is 0 Å². The van der Waals surface area contributed by atoms with E-state index in [4.69, 9.17) is 0 Å². The molecule has 0 bridgehead atoms. The maximum atomic E-state index is 4.59. The van der Waals surface area contributed by atoms with Gasteiger partial charge in [-0.05, 0) is 25.2 Å². The van der Waals surface area contributed by atoms with E-state index < -0.39 is 5.41 Å². The quantitative estimate of drug-likeness (QED) is 0.386. The Morgan fingerprint density at radius 2 is 1.23 bits per heavy atom. The Kier molecular flexibility index (Phi) is 5.14. The van der Waals surface area contributed by atoms with Crippen LogP contribution in [0.5, 0.6) is 0 Å². The van der Waals surface area contributed by atoms with Gasteiger partial charge < -0.3 is 0 Å². The van der Waals surface area contributed by atoms with E-state index in [1.165, 1.54) is 0 Å². The number of rotatable bonds is 4. The molecule has 0 atom stereocenters. The SMILES string of the molecule is CC(C)(c1ncn(-c2[c-]cccc2)n1)c1ncn(-c2[c-]cccc2)n1.[Pt+2]. The van der Waals surface area contributed by atoms with Crippen LogP contribution in [0.2, 0.25) is 0 Å². The zero-order valence-electron chi connectivity index (χ0n) is 14.3. The summed E-state index contributed by atoms with van der Waals surface area (Å²) < 4.78 is 3.41. The van der Waals surface area contributed by atoms with Gasteiger partial charge in [-0.25, -0.2) is 19.3 Å². The van der Waals surface area contributed by atoms with Gasteiger partial charge in [0.1, 0.15) is 12.7 Å². The topological polar surface area (TPSA) is 61.4 Å². The molecule has 0 spiro atoms. The van der Waals surface area contributed by atoms with E-state index in [9.17, 15) is 0 Å². The molecule has 2 aromatic heterocycles. The van der Waals surface area contributed by atoms with Gasteiger partial charge in [0.05, 0.1) is 5.41 Å². The number of para-hydroxylation sites is 2. The summed E-state index contributed by atoms with van der Waals surface area (Å²) in [7, 11) is 0. The fourth-order valence-corrected chi connectivity index (χ4v) is 2.48. The van der Waals surface area contributed by atoms with E-state index in [0.29, 0.717) is 11.6 Å². The minimum atomic E-state index is -0.528. The molecular weight excluding hydrogens is 507 g/mol. The Hall–Kier alpha value is -2.59. The predicted octanol–water partition coefficient (Wildman–Crippen LogP) is 2.77. The fourth-order valence-electron chi connectivity index (χ4n) is 2.48. The van der Waals surface area contributed by atoms with Crippen molar-refractivity contribution in [2.24, 2.45) is 0 Å². The third kappa shape index (κ3) is 3.37. The van der Waals surface area contributed by atoms with Crippen molar-refractivity contribution in [1.82, 2.24) is 29.5 Å². The van der Waals surface area contributed by atoms with Crippen LogP contribution in [0.25, 0.3) is 11.4 Å². The van der Waals surface area contributed by atoms with Gasteiger partial charge in [-0.15, -0.1) is 12.1 Å². The predicted molar refractivity (Wildman–Crippen MR) is 92.5 cm³/mol. The Balaban J connectivity index is 0.00000196. The molecule has 0 aliphatic carbocycles. The van der Waals surface area contributed by atoms with Crippen molar-refractivity contribution in [3.8, 4) is 11.4 Å². The Morgan fingerprint density at radius 3 is 1.62 bits per heavy atom. The van der Waals surface area contributed by atoms with E-state index in [2.05, 4.69) is 32.3 Å². The molecule has 0 aliphatic rings. The molecule has 4 rings (SSSR count). The maximum Gasteiger partial charge on any atom is 2.00 e. The third-order valence-electron chi connectivity index (χ3n) is 3.98. The van der Waals surface area contributed by atoms with E-state index in [-0.39, 0.29) is 21.1 Å². The fraction of sp³-hybridized carbons (Fsp3) is 0.158. The number of nitrogens with zero attached hydrogens (tertiary/aromatic N) is 6. The molecule has 0 N–H and O–H groups in total. The van der Waals surface area contributed by atoms with Crippen molar-refractivity contribution in [2.45, 2.75) is 19.3 Å². The zero-order valence-corrected chi connectivity index (χ0v) is 16.5. The summed E-state index contributed by atoms with van der Waals surface area (Å²) >= 11 is 0. The largest absolute Gasteiger partial charge is 2.00 e. The van der Waals surface area contributed by atoms with E-state index in [1.807, 2.05) is 62.4 Å². The summed E-state index contributed by atoms with van der Waals surface area (Å²) in [5, 5.41) is 9.18. The first-order valence-electron chi connectivity index (χ1n) is 7.93. The standard InChI is InChI=1S/C19H16N6.Pt/c1-19(2,17-20-13-24(22-17)15-9-5-3-6-10-15)18-21-14-25(23-18)16-11-7-4-8-12-16;/h3-9,11,13-14H,1-2H3;/q-2;+2. The van der Waals surface area contributed by atoms with Crippen LogP contribution in [0.4, 0.5) is 0 Å². The number of aromatic nitrogens is 6. The maximum absolute atomic E-state index is 4.59. The summed E-state index contributed by atoms with van der Waals surface area (Å²) in [5.41, 5.74) is 1.16. The summed E-state index contributed by atoms with van der Waals surface area (Å²) in [6.07, 6.45) is 3.37. The molecule has 132 valence electrons. The minimum Gasteiger partial charge on any atom is -0.245 e. The normalized spacial score (nSPS) is 11.2. The molecule has 6 nitrogen and oxygen atoms in total. The first kappa shape index (κ1) is 18.2. The summed E-state index contributed by atoms with van der Waals surface area (Å²) in [5.74, 6) is 1.30. The average molecular weight is 523 g/mol. The van der Waals surface area contributed by atoms with Gasteiger partial charge in [0.2, 0.25) is 0 Å². The van der Waals surface area contributed by atoms with Crippen LogP contribution in [-0.4, -0.2) is 29.5 Å². The monoisotopic (exact) mass is 523 g/mol. The smallest absolute Gasteiger partial charge is 0.245 e. The molecule has 7 heteroatoms. The molecule has 0 radical (unpaired) electrons. The van der Waals surface area contributed by atoms with Crippen molar-refractivity contribution in [1.29, 1.82) is 0 Å². The second-order valence-electron chi connectivity index (χ2n) is 6.15. The minimum absolute atomic E-state index is 0. The number of hydrogen-bond acceptors (Lipinski definition) is 4.